The summed E-state index contributed by atoms with van der Waals surface area (Å²) in [5.41, 5.74) is 2.68. The van der Waals surface area contributed by atoms with E-state index in [0.29, 0.717) is 48.4 Å². The Labute approximate surface area is 197 Å². The summed E-state index contributed by atoms with van der Waals surface area (Å²) in [6.45, 7) is 5.88. The molecule has 1 saturated heterocycles. The molecule has 0 radical (unpaired) electrons. The molecule has 33 heavy (non-hydrogen) atoms. The van der Waals surface area contributed by atoms with Crippen molar-refractivity contribution in [3.8, 4) is 17.0 Å². The second-order valence-corrected chi connectivity index (χ2v) is 8.00. The number of benzene rings is 1. The molecule has 1 aromatic carbocycles. The predicted octanol–water partition coefficient (Wildman–Crippen LogP) is 3.75. The molecule has 0 aliphatic carbocycles. The first kappa shape index (κ1) is 22.9. The van der Waals surface area contributed by atoms with E-state index in [0.717, 1.165) is 36.5 Å². The van der Waals surface area contributed by atoms with Crippen molar-refractivity contribution in [2.45, 2.75) is 19.9 Å². The molecule has 0 saturated carbocycles. The molecule has 1 aliphatic heterocycles. The molecule has 0 spiro atoms. The van der Waals surface area contributed by atoms with Gasteiger partial charge in [0.2, 0.25) is 0 Å². The maximum absolute atomic E-state index is 12.8. The number of pyridine rings is 1. The summed E-state index contributed by atoms with van der Waals surface area (Å²) in [5, 5.41) is 11.6. The molecule has 3 heterocycles. The van der Waals surface area contributed by atoms with Crippen LogP contribution in [0.1, 0.15) is 29.3 Å². The van der Waals surface area contributed by atoms with E-state index in [1.54, 1.807) is 24.4 Å². The lowest BCUT2D eigenvalue weighted by atomic mass is 10.1. The van der Waals surface area contributed by atoms with Crippen LogP contribution in [0.2, 0.25) is 5.02 Å². The lowest BCUT2D eigenvalue weighted by Gasteiger charge is -2.29. The summed E-state index contributed by atoms with van der Waals surface area (Å²) in [5.74, 6) is 1.25. The van der Waals surface area contributed by atoms with Crippen LogP contribution in [-0.4, -0.2) is 54.0 Å². The first-order valence-electron chi connectivity index (χ1n) is 11.0. The van der Waals surface area contributed by atoms with Crippen molar-refractivity contribution < 1.29 is 14.3 Å². The molecule has 0 unspecified atom stereocenters. The number of aromatic nitrogens is 3. The third-order valence-corrected chi connectivity index (χ3v) is 5.52. The van der Waals surface area contributed by atoms with Gasteiger partial charge in [0.1, 0.15) is 11.6 Å². The number of amides is 1. The van der Waals surface area contributed by atoms with E-state index in [1.165, 1.54) is 6.20 Å². The van der Waals surface area contributed by atoms with Crippen LogP contribution in [0.3, 0.4) is 0 Å². The van der Waals surface area contributed by atoms with Crippen LogP contribution in [0.5, 0.6) is 5.75 Å². The number of nitrogens with one attached hydrogen (secondary N) is 1. The molecule has 3 aromatic rings. The Balaban J connectivity index is 1.45. The molecule has 1 amide bonds. The second kappa shape index (κ2) is 11.1. The summed E-state index contributed by atoms with van der Waals surface area (Å²) in [4.78, 5) is 19.5. The van der Waals surface area contributed by atoms with Crippen LogP contribution in [0.4, 0.5) is 5.82 Å². The number of morpholine rings is 1. The zero-order chi connectivity index (χ0) is 23.0. The van der Waals surface area contributed by atoms with Crippen LogP contribution >= 0.6 is 11.6 Å². The van der Waals surface area contributed by atoms with Crippen molar-refractivity contribution >= 4 is 23.3 Å². The van der Waals surface area contributed by atoms with Gasteiger partial charge in [-0.15, -0.1) is 0 Å². The normalized spacial score (nSPS) is 13.6. The molecule has 4 rings (SSSR count). The first-order valence-corrected chi connectivity index (χ1v) is 11.3. The molecule has 1 fully saturated rings. The second-order valence-electron chi connectivity index (χ2n) is 7.59. The summed E-state index contributed by atoms with van der Waals surface area (Å²) in [6, 6.07) is 11.0. The fourth-order valence-corrected chi connectivity index (χ4v) is 3.76. The summed E-state index contributed by atoms with van der Waals surface area (Å²) < 4.78 is 11.0. The van der Waals surface area contributed by atoms with Gasteiger partial charge in [-0.2, -0.15) is 10.2 Å². The Kier molecular flexibility index (Phi) is 7.70. The monoisotopic (exact) mass is 467 g/mol. The smallest absolute Gasteiger partial charge is 0.253 e. The standard InChI is InChI=1S/C24H26ClN5O3/c1-2-10-33-22-6-5-17(13-20(22)25)21-14-19(16-28-29-21)24(31)27-15-18-4-3-7-26-23(18)30-8-11-32-12-9-30/h3-7,13-14,16H,2,8-12,15H2,1H3,(H,27,31). The van der Waals surface area contributed by atoms with Crippen LogP contribution < -0.4 is 15.0 Å². The predicted molar refractivity (Wildman–Crippen MR) is 127 cm³/mol. The molecule has 172 valence electrons. The minimum absolute atomic E-state index is 0.239. The number of hydrogen-bond donors (Lipinski definition) is 1. The fraction of sp³-hybridized carbons (Fsp3) is 0.333. The number of carbonyl (C=O) groups excluding carboxylic acids is 1. The van der Waals surface area contributed by atoms with Crippen molar-refractivity contribution in [2.75, 3.05) is 37.8 Å². The zero-order valence-corrected chi connectivity index (χ0v) is 19.2. The highest BCUT2D eigenvalue weighted by Crippen LogP contribution is 2.30. The van der Waals surface area contributed by atoms with E-state index < -0.39 is 0 Å². The van der Waals surface area contributed by atoms with Crippen LogP contribution in [0.25, 0.3) is 11.3 Å². The average molecular weight is 468 g/mol. The quantitative estimate of drug-likeness (QED) is 0.539. The van der Waals surface area contributed by atoms with E-state index >= 15 is 0 Å². The minimum atomic E-state index is -0.239. The van der Waals surface area contributed by atoms with E-state index in [-0.39, 0.29) is 5.91 Å². The zero-order valence-electron chi connectivity index (χ0n) is 18.5. The number of nitrogens with zero attached hydrogens (tertiary/aromatic N) is 4. The Bertz CT molecular complexity index is 1100. The number of carbonyl (C=O) groups is 1. The van der Waals surface area contributed by atoms with Crippen molar-refractivity contribution in [1.29, 1.82) is 0 Å². The van der Waals surface area contributed by atoms with Gasteiger partial charge in [0.25, 0.3) is 5.91 Å². The molecule has 1 N–H and O–H groups in total. The number of hydrogen-bond acceptors (Lipinski definition) is 7. The van der Waals surface area contributed by atoms with Gasteiger partial charge >= 0.3 is 0 Å². The fourth-order valence-electron chi connectivity index (χ4n) is 3.53. The van der Waals surface area contributed by atoms with Gasteiger partial charge in [-0.25, -0.2) is 4.98 Å². The lowest BCUT2D eigenvalue weighted by molar-refractivity contribution is 0.0950. The molecule has 9 heteroatoms. The van der Waals surface area contributed by atoms with E-state index in [1.807, 2.05) is 25.1 Å². The van der Waals surface area contributed by atoms with Gasteiger partial charge < -0.3 is 19.7 Å². The van der Waals surface area contributed by atoms with Crippen LogP contribution in [-0.2, 0) is 11.3 Å². The van der Waals surface area contributed by atoms with E-state index in [9.17, 15) is 4.79 Å². The topological polar surface area (TPSA) is 89.5 Å². The SMILES string of the molecule is CCCOc1ccc(-c2cc(C(=O)NCc3cccnc3N3CCOCC3)cnn2)cc1Cl. The summed E-state index contributed by atoms with van der Waals surface area (Å²) >= 11 is 6.34. The van der Waals surface area contributed by atoms with Gasteiger partial charge in [-0.3, -0.25) is 4.79 Å². The highest BCUT2D eigenvalue weighted by Gasteiger charge is 2.17. The summed E-state index contributed by atoms with van der Waals surface area (Å²) in [6.07, 6.45) is 4.11. The van der Waals surface area contributed by atoms with Crippen molar-refractivity contribution in [3.63, 3.8) is 0 Å². The van der Waals surface area contributed by atoms with Crippen molar-refractivity contribution in [1.82, 2.24) is 20.5 Å². The van der Waals surface area contributed by atoms with E-state index in [4.69, 9.17) is 21.1 Å². The van der Waals surface area contributed by atoms with Crippen LogP contribution in [0, 0.1) is 0 Å². The Hall–Kier alpha value is -3.23. The maximum Gasteiger partial charge on any atom is 0.253 e. The molecular formula is C24H26ClN5O3. The first-order chi connectivity index (χ1) is 16.2. The maximum atomic E-state index is 12.8. The van der Waals surface area contributed by atoms with E-state index in [2.05, 4.69) is 25.4 Å². The molecule has 0 bridgehead atoms. The number of ether oxygens (including phenoxy) is 2. The van der Waals surface area contributed by atoms with Gasteiger partial charge in [0.05, 0.1) is 42.3 Å². The lowest BCUT2D eigenvalue weighted by Crippen LogP contribution is -2.37. The third kappa shape index (κ3) is 5.77. The largest absolute Gasteiger partial charge is 0.492 e. The van der Waals surface area contributed by atoms with Gasteiger partial charge in [-0.1, -0.05) is 24.6 Å². The van der Waals surface area contributed by atoms with Gasteiger partial charge in [-0.05, 0) is 36.8 Å². The number of rotatable bonds is 8. The number of anilines is 1. The van der Waals surface area contributed by atoms with Gasteiger partial charge in [0.15, 0.2) is 0 Å². The molecule has 0 atom stereocenters. The highest BCUT2D eigenvalue weighted by molar-refractivity contribution is 6.32. The molecule has 2 aromatic heterocycles. The molecular weight excluding hydrogens is 442 g/mol. The summed E-state index contributed by atoms with van der Waals surface area (Å²) in [7, 11) is 0. The number of halogens is 1. The molecule has 1 aliphatic rings. The third-order valence-electron chi connectivity index (χ3n) is 5.22. The van der Waals surface area contributed by atoms with Crippen molar-refractivity contribution in [2.24, 2.45) is 0 Å². The van der Waals surface area contributed by atoms with Crippen molar-refractivity contribution in [3.05, 3.63) is 64.9 Å². The Morgan fingerprint density at radius 3 is 2.88 bits per heavy atom. The molecule has 8 nitrogen and oxygen atoms in total. The highest BCUT2D eigenvalue weighted by atomic mass is 35.5. The van der Waals surface area contributed by atoms with Gasteiger partial charge in [0, 0.05) is 37.0 Å². The minimum Gasteiger partial charge on any atom is -0.492 e. The average Bonchev–Trinajstić information content (AvgIpc) is 2.87. The Morgan fingerprint density at radius 1 is 1.24 bits per heavy atom. The van der Waals surface area contributed by atoms with Crippen LogP contribution in [0.15, 0.2) is 48.8 Å². The Morgan fingerprint density at radius 2 is 2.09 bits per heavy atom.